The highest BCUT2D eigenvalue weighted by atomic mass is 79.9. The van der Waals surface area contributed by atoms with E-state index in [0.29, 0.717) is 0 Å². The van der Waals surface area contributed by atoms with Crippen molar-refractivity contribution in [1.29, 1.82) is 0 Å². The number of ether oxygens (including phenoxy) is 1. The molecule has 0 unspecified atom stereocenters. The molecule has 0 radical (unpaired) electrons. The van der Waals surface area contributed by atoms with Crippen molar-refractivity contribution < 1.29 is 4.74 Å². The van der Waals surface area contributed by atoms with E-state index in [1.807, 2.05) is 13.0 Å². The Morgan fingerprint density at radius 1 is 1.27 bits per heavy atom. The van der Waals surface area contributed by atoms with Gasteiger partial charge >= 0.3 is 0 Å². The highest BCUT2D eigenvalue weighted by molar-refractivity contribution is 9.10. The fraction of sp³-hybridized carbons (Fsp3) is 0.292. The van der Waals surface area contributed by atoms with Crippen LogP contribution in [0.5, 0.6) is 5.75 Å². The summed E-state index contributed by atoms with van der Waals surface area (Å²) in [6.45, 7) is 5.93. The number of hydrogen-bond donors (Lipinski definition) is 1. The van der Waals surface area contributed by atoms with Gasteiger partial charge in [-0.25, -0.2) is 4.98 Å². The maximum atomic E-state index is 5.97. The molecule has 1 N–H and O–H groups in total. The van der Waals surface area contributed by atoms with E-state index in [0.717, 1.165) is 59.8 Å². The fourth-order valence-corrected chi connectivity index (χ4v) is 5.42. The van der Waals surface area contributed by atoms with Crippen LogP contribution < -0.4 is 4.74 Å². The van der Waals surface area contributed by atoms with Gasteiger partial charge in [0.2, 0.25) is 0 Å². The lowest BCUT2D eigenvalue weighted by molar-refractivity contribution is 0.248. The number of benzene rings is 2. The summed E-state index contributed by atoms with van der Waals surface area (Å²) in [5, 5.41) is 2.39. The summed E-state index contributed by atoms with van der Waals surface area (Å²) in [6, 6.07) is 12.6. The number of nitrogens with zero attached hydrogens (tertiary/aromatic N) is 2. The number of para-hydroxylation sites is 1. The number of halogens is 1. The summed E-state index contributed by atoms with van der Waals surface area (Å²) >= 11 is 5.36. The average molecular weight is 482 g/mol. The van der Waals surface area contributed by atoms with Crippen LogP contribution in [-0.2, 0) is 0 Å². The van der Waals surface area contributed by atoms with E-state index in [1.54, 1.807) is 11.3 Å². The van der Waals surface area contributed by atoms with Crippen molar-refractivity contribution in [2.45, 2.75) is 19.8 Å². The van der Waals surface area contributed by atoms with Gasteiger partial charge in [-0.05, 0) is 59.5 Å². The van der Waals surface area contributed by atoms with E-state index in [9.17, 15) is 0 Å². The lowest BCUT2D eigenvalue weighted by Gasteiger charge is -2.26. The second-order valence-corrected chi connectivity index (χ2v) is 9.80. The predicted molar refractivity (Wildman–Crippen MR) is 130 cm³/mol. The molecule has 0 atom stereocenters. The molecule has 1 aliphatic heterocycles. The molecule has 4 nitrogen and oxygen atoms in total. The first-order chi connectivity index (χ1) is 14.7. The molecule has 154 valence electrons. The lowest BCUT2D eigenvalue weighted by Crippen LogP contribution is -2.30. The summed E-state index contributed by atoms with van der Waals surface area (Å²) in [7, 11) is 0. The standard InChI is InChI=1S/C24H24BrN3OS/c1-16-27-22-14-18(6-7-23(22)30-16)29-13-3-10-28-11-8-17(9-12-28)20-15-26-24-19(20)4-2-5-21(24)25/h2,4-8,14-15,26H,3,9-13H2,1H3. The molecule has 0 bridgehead atoms. The van der Waals surface area contributed by atoms with Crippen molar-refractivity contribution in [2.75, 3.05) is 26.2 Å². The zero-order valence-corrected chi connectivity index (χ0v) is 19.4. The van der Waals surface area contributed by atoms with Crippen LogP contribution in [0.25, 0.3) is 26.7 Å². The minimum absolute atomic E-state index is 0.734. The van der Waals surface area contributed by atoms with Crippen LogP contribution in [0.4, 0.5) is 0 Å². The first-order valence-corrected chi connectivity index (χ1v) is 12.0. The molecule has 6 heteroatoms. The maximum Gasteiger partial charge on any atom is 0.121 e. The molecule has 3 heterocycles. The number of aryl methyl sites for hydroxylation is 1. The van der Waals surface area contributed by atoms with E-state index < -0.39 is 0 Å². The SMILES string of the molecule is Cc1nc2cc(OCCCN3CC=C(c4c[nH]c5c(Br)cccc45)CC3)ccc2s1. The Morgan fingerprint density at radius 2 is 2.20 bits per heavy atom. The van der Waals surface area contributed by atoms with Gasteiger partial charge in [-0.15, -0.1) is 11.3 Å². The Morgan fingerprint density at radius 3 is 3.07 bits per heavy atom. The molecule has 1 aliphatic rings. The Balaban J connectivity index is 1.14. The first-order valence-electron chi connectivity index (χ1n) is 10.3. The third-order valence-corrected chi connectivity index (χ3v) is 7.27. The second kappa shape index (κ2) is 8.53. The summed E-state index contributed by atoms with van der Waals surface area (Å²) < 4.78 is 8.31. The molecule has 30 heavy (non-hydrogen) atoms. The molecule has 0 aliphatic carbocycles. The average Bonchev–Trinajstić information content (AvgIpc) is 3.35. The molecule has 0 saturated heterocycles. The van der Waals surface area contributed by atoms with Crippen LogP contribution in [0.3, 0.4) is 0 Å². The summed E-state index contributed by atoms with van der Waals surface area (Å²) in [6.07, 6.45) is 6.63. The zero-order chi connectivity index (χ0) is 20.5. The van der Waals surface area contributed by atoms with Crippen LogP contribution in [0.15, 0.2) is 53.1 Å². The zero-order valence-electron chi connectivity index (χ0n) is 17.0. The Hall–Kier alpha value is -2.15. The predicted octanol–water partition coefficient (Wildman–Crippen LogP) is 6.41. The molecule has 5 rings (SSSR count). The van der Waals surface area contributed by atoms with Gasteiger partial charge in [-0.1, -0.05) is 18.2 Å². The Labute approximate surface area is 188 Å². The number of hydrogen-bond acceptors (Lipinski definition) is 4. The summed E-state index contributed by atoms with van der Waals surface area (Å²) in [5.74, 6) is 0.916. The number of aromatic amines is 1. The summed E-state index contributed by atoms with van der Waals surface area (Å²) in [5.41, 5.74) is 4.99. The van der Waals surface area contributed by atoms with E-state index in [4.69, 9.17) is 4.74 Å². The fourth-order valence-electron chi connectivity index (χ4n) is 4.13. The van der Waals surface area contributed by atoms with Crippen molar-refractivity contribution in [1.82, 2.24) is 14.9 Å². The quantitative estimate of drug-likeness (QED) is 0.323. The van der Waals surface area contributed by atoms with Crippen LogP contribution in [0, 0.1) is 6.92 Å². The van der Waals surface area contributed by atoms with Gasteiger partial charge in [0.15, 0.2) is 0 Å². The molecule has 2 aromatic carbocycles. The number of fused-ring (bicyclic) bond motifs is 2. The molecular weight excluding hydrogens is 458 g/mol. The smallest absolute Gasteiger partial charge is 0.121 e. The van der Waals surface area contributed by atoms with Gasteiger partial charge in [0.05, 0.1) is 27.3 Å². The molecule has 0 amide bonds. The van der Waals surface area contributed by atoms with Crippen LogP contribution in [0.2, 0.25) is 0 Å². The van der Waals surface area contributed by atoms with Crippen LogP contribution in [0.1, 0.15) is 23.4 Å². The molecule has 0 saturated carbocycles. The monoisotopic (exact) mass is 481 g/mol. The van der Waals surface area contributed by atoms with E-state index in [2.05, 4.69) is 73.4 Å². The lowest BCUT2D eigenvalue weighted by atomic mass is 9.99. The Bertz CT molecular complexity index is 1230. The second-order valence-electron chi connectivity index (χ2n) is 7.71. The number of nitrogens with one attached hydrogen (secondary N) is 1. The van der Waals surface area contributed by atoms with E-state index in [1.165, 1.54) is 26.7 Å². The van der Waals surface area contributed by atoms with Crippen molar-refractivity contribution in [3.63, 3.8) is 0 Å². The van der Waals surface area contributed by atoms with Crippen molar-refractivity contribution in [2.24, 2.45) is 0 Å². The number of aromatic nitrogens is 2. The number of H-pyrrole nitrogens is 1. The van der Waals surface area contributed by atoms with Gasteiger partial charge in [0.1, 0.15) is 5.75 Å². The van der Waals surface area contributed by atoms with Gasteiger partial charge in [0.25, 0.3) is 0 Å². The largest absolute Gasteiger partial charge is 0.493 e. The molecule has 0 fully saturated rings. The van der Waals surface area contributed by atoms with Crippen molar-refractivity contribution >= 4 is 54.0 Å². The van der Waals surface area contributed by atoms with Gasteiger partial charge in [-0.2, -0.15) is 0 Å². The normalized spacial score (nSPS) is 15.1. The van der Waals surface area contributed by atoms with Gasteiger partial charge < -0.3 is 9.72 Å². The van der Waals surface area contributed by atoms with Crippen LogP contribution >= 0.6 is 27.3 Å². The van der Waals surface area contributed by atoms with E-state index in [-0.39, 0.29) is 0 Å². The van der Waals surface area contributed by atoms with Crippen LogP contribution in [-0.4, -0.2) is 41.1 Å². The molecule has 2 aromatic heterocycles. The van der Waals surface area contributed by atoms with Gasteiger partial charge in [0, 0.05) is 47.3 Å². The van der Waals surface area contributed by atoms with Crippen molar-refractivity contribution in [3.8, 4) is 5.75 Å². The third kappa shape index (κ3) is 4.04. The molecule has 0 spiro atoms. The third-order valence-electron chi connectivity index (χ3n) is 5.66. The summed E-state index contributed by atoms with van der Waals surface area (Å²) in [4.78, 5) is 10.5. The topological polar surface area (TPSA) is 41.1 Å². The minimum Gasteiger partial charge on any atom is -0.493 e. The highest BCUT2D eigenvalue weighted by Gasteiger charge is 2.16. The number of thiazole rings is 1. The highest BCUT2D eigenvalue weighted by Crippen LogP contribution is 2.32. The van der Waals surface area contributed by atoms with E-state index >= 15 is 0 Å². The maximum absolute atomic E-state index is 5.97. The van der Waals surface area contributed by atoms with Gasteiger partial charge in [-0.3, -0.25) is 4.90 Å². The number of rotatable bonds is 6. The molecule has 4 aromatic rings. The minimum atomic E-state index is 0.734. The molecular formula is C24H24BrN3OS. The Kier molecular flexibility index (Phi) is 5.63. The van der Waals surface area contributed by atoms with Crippen molar-refractivity contribution in [3.05, 3.63) is 63.7 Å². The first kappa shape index (κ1) is 19.8.